The SMILES string of the molecule is COc1ccc(C(=O)N2CCC(NC(=O)c3ccccc3Cl)c3ccc(Cl)cc32)cc1OC. The number of carbonyl (C=O) groups is 2. The number of hydrogen-bond acceptors (Lipinski definition) is 4. The minimum atomic E-state index is -0.296. The predicted molar refractivity (Wildman–Crippen MR) is 129 cm³/mol. The number of nitrogens with one attached hydrogen (secondary N) is 1. The van der Waals surface area contributed by atoms with Crippen molar-refractivity contribution in [3.05, 3.63) is 87.4 Å². The van der Waals surface area contributed by atoms with Crippen LogP contribution in [0.15, 0.2) is 60.7 Å². The normalized spacial score (nSPS) is 14.9. The number of benzene rings is 3. The van der Waals surface area contributed by atoms with Crippen molar-refractivity contribution in [2.75, 3.05) is 25.7 Å². The first-order chi connectivity index (χ1) is 15.9. The van der Waals surface area contributed by atoms with Gasteiger partial charge in [-0.2, -0.15) is 0 Å². The zero-order valence-electron chi connectivity index (χ0n) is 18.1. The van der Waals surface area contributed by atoms with Crippen LogP contribution in [0, 0.1) is 0 Å². The van der Waals surface area contributed by atoms with Crippen molar-refractivity contribution in [3.8, 4) is 11.5 Å². The van der Waals surface area contributed by atoms with E-state index in [1.54, 1.807) is 66.6 Å². The van der Waals surface area contributed by atoms with E-state index in [9.17, 15) is 9.59 Å². The van der Waals surface area contributed by atoms with Gasteiger partial charge in [0, 0.05) is 17.1 Å². The summed E-state index contributed by atoms with van der Waals surface area (Å²) in [5, 5.41) is 3.92. The fourth-order valence-corrected chi connectivity index (χ4v) is 4.33. The number of fused-ring (bicyclic) bond motifs is 1. The van der Waals surface area contributed by atoms with E-state index in [1.807, 2.05) is 6.07 Å². The van der Waals surface area contributed by atoms with E-state index in [-0.39, 0.29) is 17.9 Å². The molecule has 33 heavy (non-hydrogen) atoms. The average molecular weight is 485 g/mol. The molecule has 1 aliphatic rings. The van der Waals surface area contributed by atoms with E-state index in [4.69, 9.17) is 32.7 Å². The zero-order chi connectivity index (χ0) is 23.5. The van der Waals surface area contributed by atoms with Gasteiger partial charge in [0.05, 0.1) is 36.5 Å². The smallest absolute Gasteiger partial charge is 0.258 e. The van der Waals surface area contributed by atoms with Gasteiger partial charge in [-0.15, -0.1) is 0 Å². The van der Waals surface area contributed by atoms with Gasteiger partial charge in [-0.3, -0.25) is 9.59 Å². The molecule has 0 aliphatic carbocycles. The largest absolute Gasteiger partial charge is 0.493 e. The lowest BCUT2D eigenvalue weighted by Gasteiger charge is -2.35. The summed E-state index contributed by atoms with van der Waals surface area (Å²) in [6.45, 7) is 0.397. The number of methoxy groups -OCH3 is 2. The van der Waals surface area contributed by atoms with Crippen LogP contribution in [-0.4, -0.2) is 32.6 Å². The highest BCUT2D eigenvalue weighted by Gasteiger charge is 2.31. The molecule has 0 fully saturated rings. The van der Waals surface area contributed by atoms with E-state index in [0.717, 1.165) is 5.56 Å². The van der Waals surface area contributed by atoms with Crippen molar-refractivity contribution in [2.45, 2.75) is 12.5 Å². The number of anilines is 1. The number of hydrogen-bond donors (Lipinski definition) is 1. The molecule has 1 atom stereocenters. The summed E-state index contributed by atoms with van der Waals surface area (Å²) in [6, 6.07) is 17.0. The van der Waals surface area contributed by atoms with Gasteiger partial charge in [0.2, 0.25) is 0 Å². The number of amides is 2. The molecule has 3 aromatic carbocycles. The molecule has 0 saturated carbocycles. The fraction of sp³-hybridized carbons (Fsp3) is 0.200. The van der Waals surface area contributed by atoms with Gasteiger partial charge in [-0.1, -0.05) is 41.4 Å². The predicted octanol–water partition coefficient (Wildman–Crippen LogP) is 5.53. The molecule has 1 aliphatic heterocycles. The Kier molecular flexibility index (Phi) is 6.77. The second-order valence-corrected chi connectivity index (χ2v) is 8.37. The second-order valence-electron chi connectivity index (χ2n) is 7.52. The summed E-state index contributed by atoms with van der Waals surface area (Å²) in [5.74, 6) is 0.538. The van der Waals surface area contributed by atoms with Crippen LogP contribution in [0.25, 0.3) is 0 Å². The van der Waals surface area contributed by atoms with Crippen LogP contribution < -0.4 is 19.7 Å². The molecule has 1 N–H and O–H groups in total. The summed E-state index contributed by atoms with van der Waals surface area (Å²) < 4.78 is 10.6. The number of halogens is 2. The molecular weight excluding hydrogens is 463 g/mol. The Labute approximate surface area is 202 Å². The quantitative estimate of drug-likeness (QED) is 0.516. The lowest BCUT2D eigenvalue weighted by molar-refractivity contribution is 0.0933. The minimum absolute atomic E-state index is 0.199. The van der Waals surface area contributed by atoms with Crippen LogP contribution in [0.3, 0.4) is 0 Å². The Balaban J connectivity index is 1.64. The highest BCUT2D eigenvalue weighted by molar-refractivity contribution is 6.33. The van der Waals surface area contributed by atoms with Crippen LogP contribution in [-0.2, 0) is 0 Å². The number of carbonyl (C=O) groups excluding carboxylic acids is 2. The summed E-state index contributed by atoms with van der Waals surface area (Å²) >= 11 is 12.5. The highest BCUT2D eigenvalue weighted by atomic mass is 35.5. The van der Waals surface area contributed by atoms with Gasteiger partial charge in [0.25, 0.3) is 11.8 Å². The highest BCUT2D eigenvalue weighted by Crippen LogP contribution is 2.37. The molecule has 0 spiro atoms. The molecule has 170 valence electrons. The van der Waals surface area contributed by atoms with Crippen LogP contribution >= 0.6 is 23.2 Å². The molecule has 0 saturated heterocycles. The first kappa shape index (κ1) is 23.0. The Morgan fingerprint density at radius 2 is 1.73 bits per heavy atom. The van der Waals surface area contributed by atoms with E-state index >= 15 is 0 Å². The van der Waals surface area contributed by atoms with Crippen molar-refractivity contribution in [2.24, 2.45) is 0 Å². The summed E-state index contributed by atoms with van der Waals surface area (Å²) in [4.78, 5) is 27.9. The van der Waals surface area contributed by atoms with Crippen LogP contribution in [0.4, 0.5) is 5.69 Å². The topological polar surface area (TPSA) is 67.9 Å². The van der Waals surface area contributed by atoms with Gasteiger partial charge in [-0.25, -0.2) is 0 Å². The molecule has 4 rings (SSSR count). The van der Waals surface area contributed by atoms with E-state index in [1.165, 1.54) is 7.11 Å². The Morgan fingerprint density at radius 3 is 2.45 bits per heavy atom. The molecule has 6 nitrogen and oxygen atoms in total. The van der Waals surface area contributed by atoms with Crippen LogP contribution in [0.1, 0.15) is 38.7 Å². The summed E-state index contributed by atoms with van der Waals surface area (Å²) in [5.41, 5.74) is 2.31. The van der Waals surface area contributed by atoms with Crippen LogP contribution in [0.5, 0.6) is 11.5 Å². The Hall–Kier alpha value is -3.22. The molecule has 0 radical (unpaired) electrons. The minimum Gasteiger partial charge on any atom is -0.493 e. The standard InChI is InChI=1S/C25H22Cl2N2O4/c1-32-22-10-7-15(13-23(22)33-2)25(31)29-12-11-20(18-9-8-16(26)14-21(18)29)28-24(30)17-5-3-4-6-19(17)27/h3-10,13-14,20H,11-12H2,1-2H3,(H,28,30). The number of rotatable bonds is 5. The second kappa shape index (κ2) is 9.73. The lowest BCUT2D eigenvalue weighted by atomic mass is 9.95. The number of ether oxygens (including phenoxy) is 2. The van der Waals surface area contributed by atoms with Crippen molar-refractivity contribution in [1.29, 1.82) is 0 Å². The van der Waals surface area contributed by atoms with E-state index < -0.39 is 0 Å². The van der Waals surface area contributed by atoms with Crippen molar-refractivity contribution >= 4 is 40.7 Å². The third-order valence-electron chi connectivity index (χ3n) is 5.60. The van der Waals surface area contributed by atoms with Gasteiger partial charge in [0.15, 0.2) is 11.5 Å². The maximum absolute atomic E-state index is 13.4. The molecule has 2 amide bonds. The van der Waals surface area contributed by atoms with Crippen molar-refractivity contribution < 1.29 is 19.1 Å². The maximum atomic E-state index is 13.4. The third-order valence-corrected chi connectivity index (χ3v) is 6.16. The molecular formula is C25H22Cl2N2O4. The molecule has 1 heterocycles. The molecule has 8 heteroatoms. The molecule has 3 aromatic rings. The maximum Gasteiger partial charge on any atom is 0.258 e. The Morgan fingerprint density at radius 1 is 0.970 bits per heavy atom. The van der Waals surface area contributed by atoms with E-state index in [2.05, 4.69) is 5.32 Å². The fourth-order valence-electron chi connectivity index (χ4n) is 3.95. The zero-order valence-corrected chi connectivity index (χ0v) is 19.6. The first-order valence-corrected chi connectivity index (χ1v) is 11.1. The molecule has 0 aromatic heterocycles. The van der Waals surface area contributed by atoms with E-state index in [0.29, 0.717) is 51.3 Å². The Bertz CT molecular complexity index is 1210. The average Bonchev–Trinajstić information content (AvgIpc) is 2.83. The van der Waals surface area contributed by atoms with Crippen molar-refractivity contribution in [1.82, 2.24) is 5.32 Å². The third kappa shape index (κ3) is 4.63. The first-order valence-electron chi connectivity index (χ1n) is 10.3. The van der Waals surface area contributed by atoms with Gasteiger partial charge in [-0.05, 0) is 54.4 Å². The molecule has 0 bridgehead atoms. The molecule has 1 unspecified atom stereocenters. The number of nitrogens with zero attached hydrogens (tertiary/aromatic N) is 1. The lowest BCUT2D eigenvalue weighted by Crippen LogP contribution is -2.41. The van der Waals surface area contributed by atoms with Crippen LogP contribution in [0.2, 0.25) is 10.0 Å². The summed E-state index contributed by atoms with van der Waals surface area (Å²) in [6.07, 6.45) is 0.532. The van der Waals surface area contributed by atoms with Gasteiger partial charge >= 0.3 is 0 Å². The van der Waals surface area contributed by atoms with Gasteiger partial charge < -0.3 is 19.7 Å². The monoisotopic (exact) mass is 484 g/mol. The van der Waals surface area contributed by atoms with Gasteiger partial charge in [0.1, 0.15) is 0 Å². The summed E-state index contributed by atoms with van der Waals surface area (Å²) in [7, 11) is 3.06. The van der Waals surface area contributed by atoms with Crippen molar-refractivity contribution in [3.63, 3.8) is 0 Å².